The summed E-state index contributed by atoms with van der Waals surface area (Å²) in [6.45, 7) is 0. The number of oxazole rings is 1. The summed E-state index contributed by atoms with van der Waals surface area (Å²) in [7, 11) is -0.795. The van der Waals surface area contributed by atoms with E-state index in [-0.39, 0.29) is 16.0 Å². The molecule has 4 aromatic carbocycles. The van der Waals surface area contributed by atoms with E-state index < -0.39 is 15.3 Å². The number of rotatable bonds is 10. The van der Waals surface area contributed by atoms with Gasteiger partial charge in [0, 0.05) is 17.4 Å². The Hall–Kier alpha value is -4.48. The summed E-state index contributed by atoms with van der Waals surface area (Å²) in [6.07, 6.45) is 0. The summed E-state index contributed by atoms with van der Waals surface area (Å²) in [5.74, 6) is 0.953. The van der Waals surface area contributed by atoms with Gasteiger partial charge in [0.05, 0.1) is 19.1 Å². The molecule has 2 N–H and O–H groups in total. The molecule has 0 fully saturated rings. The second-order valence-electron chi connectivity index (χ2n) is 8.57. The van der Waals surface area contributed by atoms with Gasteiger partial charge in [-0.15, -0.1) is 0 Å². The van der Waals surface area contributed by atoms with E-state index in [1.807, 2.05) is 30.3 Å². The molecule has 1 amide bonds. The zero-order chi connectivity index (χ0) is 28.1. The molecular formula is C29H25N3O6S2. The Bertz CT molecular complexity index is 1740. The molecule has 40 heavy (non-hydrogen) atoms. The number of hydrogen-bond acceptors (Lipinski definition) is 8. The number of ether oxygens (including phenoxy) is 2. The van der Waals surface area contributed by atoms with Gasteiger partial charge in [-0.25, -0.2) is 13.4 Å². The normalized spacial score (nSPS) is 12.1. The monoisotopic (exact) mass is 575 g/mol. The number of methoxy groups -OCH3 is 2. The summed E-state index contributed by atoms with van der Waals surface area (Å²) in [5.41, 5.74) is 2.47. The number of fused-ring (bicyclic) bond motifs is 1. The molecule has 9 nitrogen and oxygen atoms in total. The number of nitrogens with zero attached hydrogens (tertiary/aromatic N) is 1. The highest BCUT2D eigenvalue weighted by Crippen LogP contribution is 2.38. The third-order valence-electron chi connectivity index (χ3n) is 5.89. The molecule has 5 rings (SSSR count). The maximum Gasteiger partial charge on any atom is 0.261 e. The van der Waals surface area contributed by atoms with Crippen LogP contribution >= 0.6 is 11.8 Å². The lowest BCUT2D eigenvalue weighted by molar-refractivity contribution is -0.115. The predicted octanol–water partition coefficient (Wildman–Crippen LogP) is 6.12. The first kappa shape index (κ1) is 27.1. The van der Waals surface area contributed by atoms with Crippen LogP contribution in [0.5, 0.6) is 11.5 Å². The topological polar surface area (TPSA) is 120 Å². The van der Waals surface area contributed by atoms with E-state index in [0.29, 0.717) is 34.0 Å². The van der Waals surface area contributed by atoms with E-state index >= 15 is 0 Å². The van der Waals surface area contributed by atoms with Crippen LogP contribution in [0.1, 0.15) is 10.8 Å². The highest BCUT2D eigenvalue weighted by molar-refractivity contribution is 8.00. The van der Waals surface area contributed by atoms with E-state index in [0.717, 1.165) is 17.3 Å². The number of sulfonamides is 1. The SMILES string of the molecule is COc1ccc(NS(=O)(=O)c2ccc3oc(SC(C(=O)Nc4cccc(OC)c4)c4ccccc4)nc3c2)cc1. The van der Waals surface area contributed by atoms with Crippen molar-refractivity contribution in [2.24, 2.45) is 0 Å². The van der Waals surface area contributed by atoms with E-state index in [2.05, 4.69) is 15.0 Å². The van der Waals surface area contributed by atoms with Gasteiger partial charge in [-0.3, -0.25) is 9.52 Å². The number of nitrogens with one attached hydrogen (secondary N) is 2. The average molecular weight is 576 g/mol. The Morgan fingerprint density at radius 3 is 2.33 bits per heavy atom. The first-order valence-electron chi connectivity index (χ1n) is 12.1. The number of aromatic nitrogens is 1. The van der Waals surface area contributed by atoms with Gasteiger partial charge in [0.15, 0.2) is 5.58 Å². The van der Waals surface area contributed by atoms with Crippen LogP contribution in [0.25, 0.3) is 11.1 Å². The Balaban J connectivity index is 1.39. The first-order valence-corrected chi connectivity index (χ1v) is 14.4. The molecule has 204 valence electrons. The molecule has 0 saturated carbocycles. The minimum Gasteiger partial charge on any atom is -0.497 e. The van der Waals surface area contributed by atoms with Gasteiger partial charge in [0.25, 0.3) is 15.2 Å². The number of amides is 1. The Labute approximate surface area is 235 Å². The van der Waals surface area contributed by atoms with Crippen molar-refractivity contribution >= 4 is 50.2 Å². The molecule has 0 bridgehead atoms. The Morgan fingerprint density at radius 2 is 1.60 bits per heavy atom. The van der Waals surface area contributed by atoms with Gasteiger partial charge in [0.1, 0.15) is 22.3 Å². The number of thioether (sulfide) groups is 1. The Kier molecular flexibility index (Phi) is 7.94. The smallest absolute Gasteiger partial charge is 0.261 e. The lowest BCUT2D eigenvalue weighted by Crippen LogP contribution is -2.19. The fourth-order valence-electron chi connectivity index (χ4n) is 3.89. The maximum absolute atomic E-state index is 13.4. The number of hydrogen-bond donors (Lipinski definition) is 2. The van der Waals surface area contributed by atoms with Crippen molar-refractivity contribution in [1.29, 1.82) is 0 Å². The van der Waals surface area contributed by atoms with Gasteiger partial charge >= 0.3 is 0 Å². The van der Waals surface area contributed by atoms with E-state index in [1.54, 1.807) is 61.7 Å². The van der Waals surface area contributed by atoms with Gasteiger partial charge in [-0.2, -0.15) is 0 Å². The van der Waals surface area contributed by atoms with Crippen LogP contribution in [0.3, 0.4) is 0 Å². The van der Waals surface area contributed by atoms with Crippen LogP contribution in [-0.2, 0) is 14.8 Å². The van der Waals surface area contributed by atoms with Crippen LogP contribution in [0.15, 0.2) is 112 Å². The number of carbonyl (C=O) groups is 1. The van der Waals surface area contributed by atoms with Crippen molar-refractivity contribution < 1.29 is 27.1 Å². The van der Waals surface area contributed by atoms with Gasteiger partial charge in [-0.1, -0.05) is 36.4 Å². The van der Waals surface area contributed by atoms with Crippen molar-refractivity contribution in [3.63, 3.8) is 0 Å². The minimum absolute atomic E-state index is 0.0241. The molecule has 1 aromatic heterocycles. The molecule has 1 heterocycles. The van der Waals surface area contributed by atoms with E-state index in [9.17, 15) is 13.2 Å². The second-order valence-corrected chi connectivity index (χ2v) is 11.3. The lowest BCUT2D eigenvalue weighted by atomic mass is 10.1. The first-order chi connectivity index (χ1) is 19.3. The van der Waals surface area contributed by atoms with Gasteiger partial charge in [0.2, 0.25) is 5.91 Å². The Morgan fingerprint density at radius 1 is 0.850 bits per heavy atom. The van der Waals surface area contributed by atoms with Crippen molar-refractivity contribution in [3.8, 4) is 11.5 Å². The fourth-order valence-corrected chi connectivity index (χ4v) is 5.91. The van der Waals surface area contributed by atoms with Crippen LogP contribution < -0.4 is 19.5 Å². The zero-order valence-electron chi connectivity index (χ0n) is 21.5. The van der Waals surface area contributed by atoms with Crippen molar-refractivity contribution in [2.75, 3.05) is 24.3 Å². The lowest BCUT2D eigenvalue weighted by Gasteiger charge is -2.15. The number of anilines is 2. The van der Waals surface area contributed by atoms with Crippen LogP contribution in [0, 0.1) is 0 Å². The van der Waals surface area contributed by atoms with E-state index in [1.165, 1.54) is 19.2 Å². The zero-order valence-corrected chi connectivity index (χ0v) is 23.2. The molecule has 5 aromatic rings. The van der Waals surface area contributed by atoms with Gasteiger partial charge in [-0.05, 0) is 71.9 Å². The van der Waals surface area contributed by atoms with Gasteiger partial charge < -0.3 is 19.2 Å². The maximum atomic E-state index is 13.4. The molecule has 0 aliphatic carbocycles. The standard InChI is InChI=1S/C29H25N3O6S2/c1-36-22-13-11-20(12-14-22)32-40(34,35)24-15-16-26-25(18-24)31-29(38-26)39-27(19-7-4-3-5-8-19)28(33)30-21-9-6-10-23(17-21)37-2/h3-18,27,32H,1-2H3,(H,30,33). The second kappa shape index (κ2) is 11.7. The highest BCUT2D eigenvalue weighted by Gasteiger charge is 2.25. The van der Waals surface area contributed by atoms with Crippen molar-refractivity contribution in [2.45, 2.75) is 15.4 Å². The summed E-state index contributed by atoms with van der Waals surface area (Å²) in [5, 5.41) is 2.45. The molecule has 1 unspecified atom stereocenters. The van der Waals surface area contributed by atoms with Crippen LogP contribution in [0.2, 0.25) is 0 Å². The highest BCUT2D eigenvalue weighted by atomic mass is 32.2. The molecule has 0 radical (unpaired) electrons. The molecule has 11 heteroatoms. The fraction of sp³-hybridized carbons (Fsp3) is 0.103. The summed E-state index contributed by atoms with van der Waals surface area (Å²) in [4.78, 5) is 17.9. The molecule has 0 spiro atoms. The van der Waals surface area contributed by atoms with E-state index in [4.69, 9.17) is 13.9 Å². The number of benzene rings is 4. The third kappa shape index (κ3) is 6.22. The largest absolute Gasteiger partial charge is 0.497 e. The molecule has 1 atom stereocenters. The molecule has 0 aliphatic rings. The van der Waals surface area contributed by atoms with Crippen LogP contribution in [0.4, 0.5) is 11.4 Å². The third-order valence-corrected chi connectivity index (χ3v) is 8.37. The number of carbonyl (C=O) groups excluding carboxylic acids is 1. The van der Waals surface area contributed by atoms with Crippen LogP contribution in [-0.4, -0.2) is 33.5 Å². The summed E-state index contributed by atoms with van der Waals surface area (Å²) >= 11 is 1.13. The van der Waals surface area contributed by atoms with Crippen molar-refractivity contribution in [1.82, 2.24) is 4.98 Å². The quantitative estimate of drug-likeness (QED) is 0.191. The summed E-state index contributed by atoms with van der Waals surface area (Å²) in [6, 6.07) is 27.3. The van der Waals surface area contributed by atoms with Crippen molar-refractivity contribution in [3.05, 3.63) is 103 Å². The summed E-state index contributed by atoms with van der Waals surface area (Å²) < 4.78 is 44.8. The predicted molar refractivity (Wildman–Crippen MR) is 154 cm³/mol. The molecular weight excluding hydrogens is 550 g/mol. The molecule has 0 aliphatic heterocycles. The molecule has 0 saturated heterocycles. The minimum atomic E-state index is -3.89. The average Bonchev–Trinajstić information content (AvgIpc) is 3.38.